The molecule has 0 bridgehead atoms. The van der Waals surface area contributed by atoms with Crippen molar-refractivity contribution in [3.05, 3.63) is 52.0 Å². The zero-order valence-electron chi connectivity index (χ0n) is 9.81. The minimum absolute atomic E-state index is 0.0744. The summed E-state index contributed by atoms with van der Waals surface area (Å²) >= 11 is 6.43. The topological polar surface area (TPSA) is 38.0 Å². The Bertz CT molecular complexity index is 552. The second-order valence-corrected chi connectivity index (χ2v) is 5.36. The summed E-state index contributed by atoms with van der Waals surface area (Å²) in [5.74, 6) is -0.397. The van der Waals surface area contributed by atoms with Crippen LogP contribution in [-0.4, -0.2) is 4.99 Å². The van der Waals surface area contributed by atoms with Crippen LogP contribution in [0, 0.1) is 5.82 Å². The largest absolute Gasteiger partial charge is 0.389 e. The third-order valence-corrected chi connectivity index (χ3v) is 3.86. The molecule has 2 rings (SSSR count). The van der Waals surface area contributed by atoms with Crippen molar-refractivity contribution in [2.45, 2.75) is 13.0 Å². The molecule has 94 valence electrons. The van der Waals surface area contributed by atoms with Crippen LogP contribution in [0.2, 0.25) is 0 Å². The van der Waals surface area contributed by atoms with E-state index in [-0.39, 0.29) is 16.6 Å². The number of nitrogens with two attached hydrogens (primary N) is 1. The molecule has 0 saturated heterocycles. The highest BCUT2D eigenvalue weighted by atomic mass is 32.1. The lowest BCUT2D eigenvalue weighted by Gasteiger charge is -2.14. The molecule has 0 aliphatic heterocycles. The number of halogens is 1. The van der Waals surface area contributed by atoms with Gasteiger partial charge in [-0.2, -0.15) is 0 Å². The average Bonchev–Trinajstić information content (AvgIpc) is 2.81. The van der Waals surface area contributed by atoms with Crippen molar-refractivity contribution in [3.63, 3.8) is 0 Å². The van der Waals surface area contributed by atoms with Gasteiger partial charge in [0.15, 0.2) is 0 Å². The predicted octanol–water partition coefficient (Wildman–Crippen LogP) is 3.69. The van der Waals surface area contributed by atoms with Crippen molar-refractivity contribution >= 4 is 34.2 Å². The number of rotatable bonds is 4. The molecule has 3 N–H and O–H groups in total. The van der Waals surface area contributed by atoms with Gasteiger partial charge in [-0.1, -0.05) is 18.3 Å². The number of nitrogens with one attached hydrogen (secondary N) is 1. The van der Waals surface area contributed by atoms with Crippen molar-refractivity contribution < 1.29 is 4.39 Å². The van der Waals surface area contributed by atoms with Gasteiger partial charge in [-0.05, 0) is 36.6 Å². The van der Waals surface area contributed by atoms with Crippen LogP contribution in [0.3, 0.4) is 0 Å². The molecule has 18 heavy (non-hydrogen) atoms. The van der Waals surface area contributed by atoms with Crippen LogP contribution in [0.1, 0.15) is 23.4 Å². The molecule has 2 nitrogen and oxygen atoms in total. The molecule has 0 spiro atoms. The molecule has 0 radical (unpaired) electrons. The molecule has 0 aliphatic carbocycles. The van der Waals surface area contributed by atoms with Gasteiger partial charge in [0.2, 0.25) is 0 Å². The third kappa shape index (κ3) is 2.86. The van der Waals surface area contributed by atoms with Crippen molar-refractivity contribution in [1.29, 1.82) is 0 Å². The van der Waals surface area contributed by atoms with E-state index in [1.54, 1.807) is 23.5 Å². The van der Waals surface area contributed by atoms with Gasteiger partial charge >= 0.3 is 0 Å². The highest BCUT2D eigenvalue weighted by Crippen LogP contribution is 2.24. The van der Waals surface area contributed by atoms with Gasteiger partial charge < -0.3 is 11.1 Å². The molecule has 1 heterocycles. The lowest BCUT2D eigenvalue weighted by molar-refractivity contribution is 0.625. The van der Waals surface area contributed by atoms with E-state index in [4.69, 9.17) is 18.0 Å². The van der Waals surface area contributed by atoms with Gasteiger partial charge in [-0.3, -0.25) is 0 Å². The zero-order valence-corrected chi connectivity index (χ0v) is 11.4. The van der Waals surface area contributed by atoms with Crippen molar-refractivity contribution in [3.8, 4) is 0 Å². The summed E-state index contributed by atoms with van der Waals surface area (Å²) < 4.78 is 13.7. The maximum absolute atomic E-state index is 13.7. The molecular formula is C13H13FN2S2. The fourth-order valence-electron chi connectivity index (χ4n) is 1.66. The van der Waals surface area contributed by atoms with E-state index in [0.29, 0.717) is 5.69 Å². The van der Waals surface area contributed by atoms with E-state index in [0.717, 1.165) is 0 Å². The fourth-order valence-corrected chi connectivity index (χ4v) is 2.56. The summed E-state index contributed by atoms with van der Waals surface area (Å²) in [5, 5.41) is 5.26. The minimum Gasteiger partial charge on any atom is -0.389 e. The Kier molecular flexibility index (Phi) is 3.93. The summed E-state index contributed by atoms with van der Waals surface area (Å²) in [4.78, 5) is 1.28. The Morgan fingerprint density at radius 2 is 2.22 bits per heavy atom. The van der Waals surface area contributed by atoms with Gasteiger partial charge in [0.1, 0.15) is 10.8 Å². The Morgan fingerprint density at radius 1 is 1.44 bits per heavy atom. The molecule has 1 atom stereocenters. The second-order valence-electron chi connectivity index (χ2n) is 3.94. The molecule has 2 aromatic rings. The minimum atomic E-state index is -0.397. The molecule has 0 saturated carbocycles. The Balaban J connectivity index is 2.15. The third-order valence-electron chi connectivity index (χ3n) is 2.59. The zero-order chi connectivity index (χ0) is 13.1. The maximum Gasteiger partial charge on any atom is 0.135 e. The molecule has 1 aromatic heterocycles. The summed E-state index contributed by atoms with van der Waals surface area (Å²) in [6, 6.07) is 8.97. The fraction of sp³-hybridized carbons (Fsp3) is 0.154. The van der Waals surface area contributed by atoms with Crippen LogP contribution in [-0.2, 0) is 0 Å². The first-order chi connectivity index (χ1) is 8.58. The number of thiocarbonyl (C=S) groups is 1. The molecule has 1 aromatic carbocycles. The van der Waals surface area contributed by atoms with Crippen LogP contribution in [0.5, 0.6) is 0 Å². The van der Waals surface area contributed by atoms with E-state index in [1.165, 1.54) is 10.9 Å². The van der Waals surface area contributed by atoms with Crippen LogP contribution >= 0.6 is 23.6 Å². The average molecular weight is 280 g/mol. The van der Waals surface area contributed by atoms with Gasteiger partial charge in [-0.25, -0.2) is 4.39 Å². The van der Waals surface area contributed by atoms with E-state index in [2.05, 4.69) is 5.32 Å². The molecular weight excluding hydrogens is 267 g/mol. The first kappa shape index (κ1) is 13.0. The monoisotopic (exact) mass is 280 g/mol. The van der Waals surface area contributed by atoms with Crippen molar-refractivity contribution in [2.24, 2.45) is 5.73 Å². The number of thiophene rings is 1. The van der Waals surface area contributed by atoms with Gasteiger partial charge in [-0.15, -0.1) is 11.3 Å². The Labute approximate surface area is 115 Å². The summed E-state index contributed by atoms with van der Waals surface area (Å²) in [5.41, 5.74) is 6.41. The quantitative estimate of drug-likeness (QED) is 0.839. The Hall–Kier alpha value is -1.46. The van der Waals surface area contributed by atoms with E-state index >= 15 is 0 Å². The number of hydrogen-bond donors (Lipinski definition) is 2. The molecule has 1 unspecified atom stereocenters. The SMILES string of the molecule is CC(Nc1ccc(C(N)=S)c(F)c1)c1cccs1. The number of benzene rings is 1. The van der Waals surface area contributed by atoms with E-state index < -0.39 is 5.82 Å². The number of hydrogen-bond acceptors (Lipinski definition) is 3. The smallest absolute Gasteiger partial charge is 0.135 e. The lowest BCUT2D eigenvalue weighted by atomic mass is 10.1. The van der Waals surface area contributed by atoms with Crippen LogP contribution < -0.4 is 11.1 Å². The second kappa shape index (κ2) is 5.46. The number of anilines is 1. The van der Waals surface area contributed by atoms with Crippen LogP contribution in [0.25, 0.3) is 0 Å². The maximum atomic E-state index is 13.7. The van der Waals surface area contributed by atoms with Crippen molar-refractivity contribution in [2.75, 3.05) is 5.32 Å². The standard InChI is InChI=1S/C13H13FN2S2/c1-8(12-3-2-6-18-12)16-9-4-5-10(13(15)17)11(14)7-9/h2-8,16H,1H3,(H2,15,17). The van der Waals surface area contributed by atoms with Gasteiger partial charge in [0, 0.05) is 16.1 Å². The molecule has 0 amide bonds. The van der Waals surface area contributed by atoms with Crippen LogP contribution in [0.15, 0.2) is 35.7 Å². The van der Waals surface area contributed by atoms with Gasteiger partial charge in [0.05, 0.1) is 6.04 Å². The van der Waals surface area contributed by atoms with Crippen molar-refractivity contribution in [1.82, 2.24) is 0 Å². The highest BCUT2D eigenvalue weighted by molar-refractivity contribution is 7.80. The molecule has 5 heteroatoms. The summed E-state index contributed by atoms with van der Waals surface area (Å²) in [6.45, 7) is 2.03. The lowest BCUT2D eigenvalue weighted by Crippen LogP contribution is -2.12. The first-order valence-corrected chi connectivity index (χ1v) is 6.76. The van der Waals surface area contributed by atoms with Crippen LogP contribution in [0.4, 0.5) is 10.1 Å². The van der Waals surface area contributed by atoms with E-state index in [9.17, 15) is 4.39 Å². The summed E-state index contributed by atoms with van der Waals surface area (Å²) in [7, 11) is 0. The van der Waals surface area contributed by atoms with E-state index in [1.807, 2.05) is 24.4 Å². The molecule has 0 fully saturated rings. The van der Waals surface area contributed by atoms with Gasteiger partial charge in [0.25, 0.3) is 0 Å². The predicted molar refractivity (Wildman–Crippen MR) is 78.6 cm³/mol. The summed E-state index contributed by atoms with van der Waals surface area (Å²) in [6.07, 6.45) is 0. The Morgan fingerprint density at radius 3 is 2.78 bits per heavy atom. The molecule has 0 aliphatic rings. The normalized spacial score (nSPS) is 12.1. The highest BCUT2D eigenvalue weighted by Gasteiger charge is 2.09. The first-order valence-electron chi connectivity index (χ1n) is 5.47.